The van der Waals surface area contributed by atoms with E-state index >= 15 is 0 Å². The minimum Gasteiger partial charge on any atom is -0.350 e. The molecule has 1 aromatic carbocycles. The molecule has 2 unspecified atom stereocenters. The number of piperazine rings is 1. The molecule has 4 rings (SSSR count). The van der Waals surface area contributed by atoms with Crippen molar-refractivity contribution in [3.05, 3.63) is 57.1 Å². The molecule has 2 atom stereocenters. The second-order valence-corrected chi connectivity index (χ2v) is 7.84. The van der Waals surface area contributed by atoms with E-state index in [4.69, 9.17) is 0 Å². The fourth-order valence-electron chi connectivity index (χ4n) is 3.64. The van der Waals surface area contributed by atoms with Crippen LogP contribution in [-0.2, 0) is 6.54 Å². The zero-order valence-electron chi connectivity index (χ0n) is 12.1. The van der Waals surface area contributed by atoms with Crippen molar-refractivity contribution < 1.29 is 0 Å². The maximum absolute atomic E-state index is 4.60. The van der Waals surface area contributed by atoms with E-state index in [0.29, 0.717) is 12.1 Å². The van der Waals surface area contributed by atoms with Gasteiger partial charge in [-0.3, -0.25) is 4.90 Å². The van der Waals surface area contributed by atoms with Gasteiger partial charge in [-0.1, -0.05) is 30.3 Å². The quantitative estimate of drug-likeness (QED) is 0.743. The van der Waals surface area contributed by atoms with Crippen molar-refractivity contribution in [3.63, 3.8) is 0 Å². The Labute approximate surface area is 147 Å². The summed E-state index contributed by atoms with van der Waals surface area (Å²) in [4.78, 5) is 9.68. The van der Waals surface area contributed by atoms with Crippen molar-refractivity contribution in [2.24, 2.45) is 0 Å². The Bertz CT molecular complexity index is 677. The number of halogens is 2. The van der Waals surface area contributed by atoms with Crippen LogP contribution in [0.4, 0.5) is 5.82 Å². The Morgan fingerprint density at radius 3 is 2.59 bits per heavy atom. The molecule has 114 valence electrons. The molecule has 0 N–H and O–H groups in total. The topological polar surface area (TPSA) is 19.4 Å². The first-order chi connectivity index (χ1) is 10.7. The molecule has 0 radical (unpaired) electrons. The first-order valence-corrected chi connectivity index (χ1v) is 9.15. The summed E-state index contributed by atoms with van der Waals surface area (Å²) < 4.78 is 2.09. The van der Waals surface area contributed by atoms with E-state index in [1.54, 1.807) is 0 Å². The zero-order chi connectivity index (χ0) is 15.1. The molecule has 22 heavy (non-hydrogen) atoms. The van der Waals surface area contributed by atoms with Crippen molar-refractivity contribution in [3.8, 4) is 0 Å². The zero-order valence-corrected chi connectivity index (χ0v) is 15.3. The largest absolute Gasteiger partial charge is 0.350 e. The van der Waals surface area contributed by atoms with Crippen LogP contribution in [0.5, 0.6) is 0 Å². The predicted molar refractivity (Wildman–Crippen MR) is 96.0 cm³/mol. The average molecular weight is 423 g/mol. The van der Waals surface area contributed by atoms with Crippen molar-refractivity contribution in [2.75, 3.05) is 18.0 Å². The fraction of sp³-hybridized carbons (Fsp3) is 0.353. The normalized spacial score (nSPS) is 24.2. The fourth-order valence-corrected chi connectivity index (χ4v) is 4.85. The van der Waals surface area contributed by atoms with Crippen molar-refractivity contribution in [2.45, 2.75) is 25.0 Å². The summed E-state index contributed by atoms with van der Waals surface area (Å²) in [7, 11) is 0. The van der Waals surface area contributed by atoms with Gasteiger partial charge in [-0.2, -0.15) is 0 Å². The van der Waals surface area contributed by atoms with Crippen LogP contribution in [0, 0.1) is 0 Å². The molecule has 1 aromatic heterocycles. The molecular formula is C17H17Br2N3. The summed E-state index contributed by atoms with van der Waals surface area (Å²) in [6.07, 6.45) is 3.13. The molecule has 2 saturated heterocycles. The number of fused-ring (bicyclic) bond motifs is 2. The van der Waals surface area contributed by atoms with Gasteiger partial charge in [0, 0.05) is 42.4 Å². The lowest BCUT2D eigenvalue weighted by Crippen LogP contribution is -2.46. The second kappa shape index (κ2) is 5.95. The van der Waals surface area contributed by atoms with Gasteiger partial charge in [0.2, 0.25) is 0 Å². The molecule has 2 bridgehead atoms. The maximum Gasteiger partial charge on any atom is 0.143 e. The van der Waals surface area contributed by atoms with Crippen LogP contribution in [0.1, 0.15) is 12.0 Å². The third-order valence-electron chi connectivity index (χ3n) is 4.64. The smallest absolute Gasteiger partial charge is 0.143 e. The van der Waals surface area contributed by atoms with Crippen LogP contribution in [0.15, 0.2) is 51.5 Å². The Morgan fingerprint density at radius 1 is 1.09 bits per heavy atom. The number of hydrogen-bond acceptors (Lipinski definition) is 3. The molecule has 5 heteroatoms. The van der Waals surface area contributed by atoms with Gasteiger partial charge >= 0.3 is 0 Å². The van der Waals surface area contributed by atoms with E-state index < -0.39 is 0 Å². The van der Waals surface area contributed by atoms with E-state index in [2.05, 4.69) is 83.0 Å². The number of pyridine rings is 1. The molecule has 2 fully saturated rings. The van der Waals surface area contributed by atoms with Crippen LogP contribution in [0.2, 0.25) is 0 Å². The number of nitrogens with zero attached hydrogens (tertiary/aromatic N) is 3. The molecular weight excluding hydrogens is 406 g/mol. The number of rotatable bonds is 3. The lowest BCUT2D eigenvalue weighted by Gasteiger charge is -2.35. The highest BCUT2D eigenvalue weighted by atomic mass is 79.9. The van der Waals surface area contributed by atoms with Crippen LogP contribution in [0.3, 0.4) is 0 Å². The number of benzene rings is 1. The monoisotopic (exact) mass is 421 g/mol. The molecule has 0 aliphatic carbocycles. The van der Waals surface area contributed by atoms with Crippen molar-refractivity contribution in [1.29, 1.82) is 0 Å². The number of aromatic nitrogens is 1. The van der Waals surface area contributed by atoms with Crippen LogP contribution in [-0.4, -0.2) is 35.1 Å². The van der Waals surface area contributed by atoms with Gasteiger partial charge in [0.1, 0.15) is 5.82 Å². The third-order valence-corrected chi connectivity index (χ3v) is 5.66. The van der Waals surface area contributed by atoms with Crippen LogP contribution in [0.25, 0.3) is 0 Å². The summed E-state index contributed by atoms with van der Waals surface area (Å²) >= 11 is 7.12. The Balaban J connectivity index is 1.48. The van der Waals surface area contributed by atoms with Gasteiger partial charge in [-0.05, 0) is 49.9 Å². The maximum atomic E-state index is 4.60. The Kier molecular flexibility index (Phi) is 3.96. The number of likely N-dealkylation sites (tertiary alicyclic amines) is 1. The molecule has 0 amide bonds. The summed E-state index contributed by atoms with van der Waals surface area (Å²) in [5.41, 5.74) is 1.41. The van der Waals surface area contributed by atoms with Gasteiger partial charge in [-0.15, -0.1) is 0 Å². The summed E-state index contributed by atoms with van der Waals surface area (Å²) in [5, 5.41) is 0. The van der Waals surface area contributed by atoms with Gasteiger partial charge in [0.05, 0.1) is 4.47 Å². The Hall–Kier alpha value is -0.910. The SMILES string of the molecule is Brc1cnc(N2CC3CC2CN3Cc2ccccc2)c(Br)c1. The summed E-state index contributed by atoms with van der Waals surface area (Å²) in [6, 6.07) is 14.1. The van der Waals surface area contributed by atoms with E-state index in [1.807, 2.05) is 6.20 Å². The van der Waals surface area contributed by atoms with Gasteiger partial charge < -0.3 is 4.90 Å². The molecule has 0 spiro atoms. The highest BCUT2D eigenvalue weighted by molar-refractivity contribution is 9.11. The highest BCUT2D eigenvalue weighted by Gasteiger charge is 2.43. The molecule has 3 nitrogen and oxygen atoms in total. The Morgan fingerprint density at radius 2 is 1.91 bits per heavy atom. The third kappa shape index (κ3) is 2.70. The molecule has 3 heterocycles. The van der Waals surface area contributed by atoms with Crippen molar-refractivity contribution >= 4 is 37.7 Å². The van der Waals surface area contributed by atoms with Gasteiger partial charge in [0.25, 0.3) is 0 Å². The van der Waals surface area contributed by atoms with Crippen LogP contribution < -0.4 is 4.90 Å². The second-order valence-electron chi connectivity index (χ2n) is 6.07. The molecule has 0 saturated carbocycles. The van der Waals surface area contributed by atoms with Crippen molar-refractivity contribution in [1.82, 2.24) is 9.88 Å². The van der Waals surface area contributed by atoms with E-state index in [-0.39, 0.29) is 0 Å². The minimum absolute atomic E-state index is 0.582. The number of anilines is 1. The highest BCUT2D eigenvalue weighted by Crippen LogP contribution is 2.37. The molecule has 2 aliphatic heterocycles. The lowest BCUT2D eigenvalue weighted by atomic mass is 10.2. The first-order valence-electron chi connectivity index (χ1n) is 7.56. The lowest BCUT2D eigenvalue weighted by molar-refractivity contribution is 0.230. The van der Waals surface area contributed by atoms with Gasteiger partial charge in [-0.25, -0.2) is 4.98 Å². The minimum atomic E-state index is 0.582. The predicted octanol–water partition coefficient (Wildman–Crippen LogP) is 4.07. The first kappa shape index (κ1) is 14.7. The average Bonchev–Trinajstić information content (AvgIpc) is 3.08. The molecule has 2 aromatic rings. The van der Waals surface area contributed by atoms with E-state index in [0.717, 1.165) is 34.4 Å². The van der Waals surface area contributed by atoms with E-state index in [1.165, 1.54) is 12.0 Å². The van der Waals surface area contributed by atoms with E-state index in [9.17, 15) is 0 Å². The van der Waals surface area contributed by atoms with Gasteiger partial charge in [0.15, 0.2) is 0 Å². The number of hydrogen-bond donors (Lipinski definition) is 0. The van der Waals surface area contributed by atoms with Crippen LogP contribution >= 0.6 is 31.9 Å². The summed E-state index contributed by atoms with van der Waals surface area (Å²) in [6.45, 7) is 3.26. The standard InChI is InChI=1S/C17H17Br2N3/c18-13-6-16(19)17(20-8-13)22-11-14-7-15(22)10-21(14)9-12-4-2-1-3-5-12/h1-6,8,14-15H,7,9-11H2. The molecule has 2 aliphatic rings. The summed E-state index contributed by atoms with van der Waals surface area (Å²) in [5.74, 6) is 1.08.